The van der Waals surface area contributed by atoms with Crippen molar-refractivity contribution in [3.05, 3.63) is 80.7 Å². The molecule has 0 heterocycles. The van der Waals surface area contributed by atoms with Crippen LogP contribution in [0.15, 0.2) is 69.6 Å². The van der Waals surface area contributed by atoms with Gasteiger partial charge in [-0.05, 0) is 0 Å². The average Bonchev–Trinajstić information content (AvgIpc) is 2.41. The Morgan fingerprint density at radius 1 is 0.611 bits per heavy atom. The summed E-state index contributed by atoms with van der Waals surface area (Å²) in [4.78, 5) is 0. The molecule has 0 atom stereocenters. The van der Waals surface area contributed by atoms with Crippen LogP contribution < -0.4 is 0 Å². The molecule has 0 radical (unpaired) electrons. The molecule has 0 saturated heterocycles. The summed E-state index contributed by atoms with van der Waals surface area (Å²) in [6.45, 7) is 0. The first-order chi connectivity index (χ1) is 8.45. The number of halogens is 1. The van der Waals surface area contributed by atoms with Gasteiger partial charge in [0.25, 0.3) is 0 Å². The standard InChI is InChI=1S/2C8H7.ClH.Pt/c2*1-2-8-6-4-3-5-7-8;;/h2*1-7H;1H;. The van der Waals surface area contributed by atoms with Gasteiger partial charge in [0.2, 0.25) is 0 Å². The van der Waals surface area contributed by atoms with Crippen LogP contribution in [0.5, 0.6) is 0 Å². The molecule has 18 heavy (non-hydrogen) atoms. The second kappa shape index (κ2) is 8.91. The van der Waals surface area contributed by atoms with Crippen molar-refractivity contribution in [2.75, 3.05) is 0 Å². The van der Waals surface area contributed by atoms with Crippen LogP contribution >= 0.6 is 12.4 Å². The van der Waals surface area contributed by atoms with Gasteiger partial charge in [-0.2, -0.15) is 0 Å². The quantitative estimate of drug-likeness (QED) is 0.642. The van der Waals surface area contributed by atoms with E-state index in [0.29, 0.717) is 0 Å². The molecule has 2 aromatic rings. The minimum absolute atomic E-state index is 0. The Labute approximate surface area is 123 Å². The zero-order chi connectivity index (χ0) is 11.8. The van der Waals surface area contributed by atoms with Crippen molar-refractivity contribution in [2.45, 2.75) is 0 Å². The summed E-state index contributed by atoms with van der Waals surface area (Å²) >= 11 is 0.00247. The first-order valence-corrected chi connectivity index (χ1v) is 8.05. The van der Waals surface area contributed by atoms with Gasteiger partial charge in [0, 0.05) is 0 Å². The third-order valence-corrected chi connectivity index (χ3v) is 3.84. The van der Waals surface area contributed by atoms with Crippen LogP contribution in [0.2, 0.25) is 0 Å². The normalized spacial score (nSPS) is 10.9. The molecule has 96 valence electrons. The number of rotatable bonds is 4. The molecule has 0 nitrogen and oxygen atoms in total. The molecule has 0 N–H and O–H groups in total. The summed E-state index contributed by atoms with van der Waals surface area (Å²) in [6.07, 6.45) is 4.40. The van der Waals surface area contributed by atoms with Gasteiger partial charge in [0.15, 0.2) is 0 Å². The van der Waals surface area contributed by atoms with E-state index in [1.807, 2.05) is 12.1 Å². The molecule has 2 rings (SSSR count). The van der Waals surface area contributed by atoms with Gasteiger partial charge < -0.3 is 0 Å². The Kier molecular flexibility index (Phi) is 7.41. The molecular weight excluding hydrogens is 423 g/mol. The molecule has 0 saturated carbocycles. The van der Waals surface area contributed by atoms with E-state index in [-0.39, 0.29) is 31.0 Å². The van der Waals surface area contributed by atoms with Crippen LogP contribution in [0, 0.1) is 0 Å². The van der Waals surface area contributed by atoms with E-state index < -0.39 is 0 Å². The Hall–Kier alpha value is -1.10. The predicted molar refractivity (Wildman–Crippen MR) is 78.2 cm³/mol. The molecule has 0 aromatic heterocycles. The Bertz CT molecular complexity index is 442. The third-order valence-electron chi connectivity index (χ3n) is 2.21. The molecular formula is C16H15ClPt. The Balaban J connectivity index is 0.00000162. The van der Waals surface area contributed by atoms with Gasteiger partial charge in [-0.1, -0.05) is 0 Å². The molecule has 0 aliphatic heterocycles. The SMILES string of the molecule is Cl.[CH](=Cc1ccccc1)[Pt][CH]=Cc1ccccc1. The van der Waals surface area contributed by atoms with E-state index in [2.05, 4.69) is 69.6 Å². The fourth-order valence-electron chi connectivity index (χ4n) is 1.35. The van der Waals surface area contributed by atoms with Crippen molar-refractivity contribution in [2.24, 2.45) is 0 Å². The summed E-state index contributed by atoms with van der Waals surface area (Å²) in [6, 6.07) is 20.9. The van der Waals surface area contributed by atoms with E-state index in [1.54, 1.807) is 0 Å². The van der Waals surface area contributed by atoms with E-state index in [1.165, 1.54) is 11.1 Å². The van der Waals surface area contributed by atoms with Crippen molar-refractivity contribution >= 4 is 24.6 Å². The zero-order valence-corrected chi connectivity index (χ0v) is 12.9. The van der Waals surface area contributed by atoms with Crippen molar-refractivity contribution in [3.8, 4) is 0 Å². The molecule has 0 spiro atoms. The van der Waals surface area contributed by atoms with Crippen molar-refractivity contribution in [1.29, 1.82) is 0 Å². The van der Waals surface area contributed by atoms with E-state index in [4.69, 9.17) is 0 Å². The molecule has 0 bridgehead atoms. The number of benzene rings is 2. The van der Waals surface area contributed by atoms with Crippen molar-refractivity contribution in [1.82, 2.24) is 0 Å². The monoisotopic (exact) mass is 437 g/mol. The van der Waals surface area contributed by atoms with E-state index in [0.717, 1.165) is 0 Å². The van der Waals surface area contributed by atoms with Gasteiger partial charge >= 0.3 is 111 Å². The molecule has 2 heteroatoms. The van der Waals surface area contributed by atoms with Crippen LogP contribution in [0.1, 0.15) is 11.1 Å². The van der Waals surface area contributed by atoms with Crippen LogP contribution in [0.3, 0.4) is 0 Å². The average molecular weight is 438 g/mol. The summed E-state index contributed by atoms with van der Waals surface area (Å²) in [7, 11) is 0. The van der Waals surface area contributed by atoms with Crippen LogP contribution in [0.25, 0.3) is 12.2 Å². The second-order valence-electron chi connectivity index (χ2n) is 3.47. The summed E-state index contributed by atoms with van der Waals surface area (Å²) in [5, 5.41) is 0. The van der Waals surface area contributed by atoms with Gasteiger partial charge in [-0.15, -0.1) is 12.4 Å². The van der Waals surface area contributed by atoms with E-state index in [9.17, 15) is 0 Å². The summed E-state index contributed by atoms with van der Waals surface area (Å²) in [5.74, 6) is 0. The first kappa shape index (κ1) is 15.0. The van der Waals surface area contributed by atoms with Gasteiger partial charge in [-0.3, -0.25) is 0 Å². The van der Waals surface area contributed by atoms with E-state index >= 15 is 0 Å². The molecule has 0 amide bonds. The maximum atomic E-state index is 2.29. The van der Waals surface area contributed by atoms with Gasteiger partial charge in [0.05, 0.1) is 0 Å². The summed E-state index contributed by atoms with van der Waals surface area (Å²) < 4.78 is 4.57. The van der Waals surface area contributed by atoms with Crippen LogP contribution in [-0.2, 0) is 18.6 Å². The topological polar surface area (TPSA) is 0 Å². The second-order valence-corrected chi connectivity index (χ2v) is 5.74. The number of hydrogen-bond acceptors (Lipinski definition) is 0. The van der Waals surface area contributed by atoms with Crippen molar-refractivity contribution in [3.63, 3.8) is 0 Å². The number of hydrogen-bond donors (Lipinski definition) is 0. The fraction of sp³-hybridized carbons (Fsp3) is 0. The van der Waals surface area contributed by atoms with Crippen molar-refractivity contribution < 1.29 is 18.6 Å². The predicted octanol–water partition coefficient (Wildman–Crippen LogP) is 4.83. The zero-order valence-electron chi connectivity index (χ0n) is 9.81. The molecule has 0 fully saturated rings. The van der Waals surface area contributed by atoms with Gasteiger partial charge in [0.1, 0.15) is 0 Å². The Morgan fingerprint density at radius 3 is 1.39 bits per heavy atom. The minimum atomic E-state index is 0. The fourth-order valence-corrected chi connectivity index (χ4v) is 2.91. The summed E-state index contributed by atoms with van der Waals surface area (Å²) in [5.41, 5.74) is 2.56. The molecule has 2 aromatic carbocycles. The maximum absolute atomic E-state index is 2.29. The Morgan fingerprint density at radius 2 is 1.00 bits per heavy atom. The van der Waals surface area contributed by atoms with Gasteiger partial charge in [-0.25, -0.2) is 0 Å². The molecule has 0 aliphatic rings. The van der Waals surface area contributed by atoms with Crippen LogP contribution in [-0.4, -0.2) is 0 Å². The van der Waals surface area contributed by atoms with Crippen LogP contribution in [0.4, 0.5) is 0 Å². The molecule has 0 aliphatic carbocycles. The third kappa shape index (κ3) is 5.49. The molecule has 0 unspecified atom stereocenters. The first-order valence-electron chi connectivity index (χ1n) is 5.43.